The Morgan fingerprint density at radius 2 is 1.60 bits per heavy atom. The molecule has 1 amide bonds. The van der Waals surface area contributed by atoms with Gasteiger partial charge in [-0.3, -0.25) is 4.79 Å². The minimum atomic E-state index is -1.10. The molecule has 0 aliphatic carbocycles. The van der Waals surface area contributed by atoms with E-state index in [-0.39, 0.29) is 0 Å². The summed E-state index contributed by atoms with van der Waals surface area (Å²) < 4.78 is 7.88. The van der Waals surface area contributed by atoms with E-state index in [2.05, 4.69) is 4.57 Å². The van der Waals surface area contributed by atoms with E-state index in [0.29, 0.717) is 33.7 Å². The second-order valence-corrected chi connectivity index (χ2v) is 8.63. The summed E-state index contributed by atoms with van der Waals surface area (Å²) in [6, 6.07) is 26.5. The third-order valence-corrected chi connectivity index (χ3v) is 6.19. The molecule has 3 N–H and O–H groups in total. The third kappa shape index (κ3) is 4.32. The number of aliphatic carboxylic acids is 1. The van der Waals surface area contributed by atoms with Gasteiger partial charge in [-0.2, -0.15) is 0 Å². The highest BCUT2D eigenvalue weighted by Crippen LogP contribution is 2.41. The largest absolute Gasteiger partial charge is 0.481 e. The molecule has 0 fully saturated rings. The number of hydrogen-bond acceptors (Lipinski definition) is 3. The van der Waals surface area contributed by atoms with E-state index in [1.807, 2.05) is 54.6 Å². The van der Waals surface area contributed by atoms with Gasteiger partial charge in [0.1, 0.15) is 5.75 Å². The Bertz CT molecular complexity index is 1570. The zero-order chi connectivity index (χ0) is 24.5. The molecule has 0 radical (unpaired) electrons. The summed E-state index contributed by atoms with van der Waals surface area (Å²) in [6.45, 7) is 0.00870. The van der Waals surface area contributed by atoms with Gasteiger partial charge in [0, 0.05) is 22.5 Å². The lowest BCUT2D eigenvalue weighted by molar-refractivity contribution is -0.139. The van der Waals surface area contributed by atoms with E-state index < -0.39 is 18.5 Å². The van der Waals surface area contributed by atoms with Crippen molar-refractivity contribution in [2.24, 2.45) is 5.73 Å². The van der Waals surface area contributed by atoms with Gasteiger partial charge in [-0.05, 0) is 53.1 Å². The van der Waals surface area contributed by atoms with Crippen LogP contribution in [-0.2, 0) is 11.3 Å². The molecular formula is C28H21ClN2O4. The zero-order valence-electron chi connectivity index (χ0n) is 18.6. The molecule has 0 unspecified atom stereocenters. The first kappa shape index (κ1) is 22.5. The maximum atomic E-state index is 12.4. The Morgan fingerprint density at radius 1 is 0.857 bits per heavy atom. The number of ether oxygens (including phenoxy) is 1. The number of hydrogen-bond donors (Lipinski definition) is 2. The standard InChI is InChI=1S/C28H21ClN2O4/c29-20-11-9-18(10-12-20)19-13-23-27(24(14-19)35-16-25(32)33)26-21(28(30)34)7-4-8-22(26)31(23)15-17-5-2-1-3-6-17/h1-14H,15-16H2,(H2,30,34)(H,32,33). The van der Waals surface area contributed by atoms with E-state index in [9.17, 15) is 14.7 Å². The fraction of sp³-hybridized carbons (Fsp3) is 0.0714. The van der Waals surface area contributed by atoms with Gasteiger partial charge in [0.05, 0.1) is 16.4 Å². The van der Waals surface area contributed by atoms with Crippen molar-refractivity contribution < 1.29 is 19.4 Å². The lowest BCUT2D eigenvalue weighted by Gasteiger charge is -2.12. The maximum Gasteiger partial charge on any atom is 0.341 e. The molecule has 1 aromatic heterocycles. The van der Waals surface area contributed by atoms with Crippen LogP contribution in [0.5, 0.6) is 5.75 Å². The summed E-state index contributed by atoms with van der Waals surface area (Å²) >= 11 is 6.09. The van der Waals surface area contributed by atoms with Crippen LogP contribution >= 0.6 is 11.6 Å². The van der Waals surface area contributed by atoms with Crippen LogP contribution in [0.2, 0.25) is 5.02 Å². The molecule has 0 atom stereocenters. The molecule has 174 valence electrons. The Morgan fingerprint density at radius 3 is 2.29 bits per heavy atom. The second kappa shape index (κ2) is 9.16. The van der Waals surface area contributed by atoms with Crippen LogP contribution < -0.4 is 10.5 Å². The van der Waals surface area contributed by atoms with E-state index in [1.165, 1.54) is 0 Å². The lowest BCUT2D eigenvalue weighted by Crippen LogP contribution is -2.11. The van der Waals surface area contributed by atoms with Crippen LogP contribution in [0.1, 0.15) is 15.9 Å². The Balaban J connectivity index is 1.87. The first-order valence-electron chi connectivity index (χ1n) is 11.0. The molecule has 0 bridgehead atoms. The van der Waals surface area contributed by atoms with E-state index in [1.54, 1.807) is 30.3 Å². The molecule has 7 heteroatoms. The van der Waals surface area contributed by atoms with Crippen LogP contribution in [0.15, 0.2) is 84.9 Å². The van der Waals surface area contributed by atoms with Crippen molar-refractivity contribution in [3.63, 3.8) is 0 Å². The minimum Gasteiger partial charge on any atom is -0.481 e. The minimum absolute atomic E-state index is 0.346. The zero-order valence-corrected chi connectivity index (χ0v) is 19.3. The normalized spacial score (nSPS) is 11.1. The number of rotatable bonds is 7. The molecule has 1 heterocycles. The fourth-order valence-corrected chi connectivity index (χ4v) is 4.55. The topological polar surface area (TPSA) is 94.6 Å². The Labute approximate surface area is 206 Å². The molecule has 4 aromatic carbocycles. The first-order chi connectivity index (χ1) is 16.9. The third-order valence-electron chi connectivity index (χ3n) is 5.93. The molecule has 5 rings (SSSR count). The highest BCUT2D eigenvalue weighted by atomic mass is 35.5. The van der Waals surface area contributed by atoms with Crippen LogP contribution in [0.4, 0.5) is 0 Å². The number of fused-ring (bicyclic) bond motifs is 3. The summed E-state index contributed by atoms with van der Waals surface area (Å²) in [6.07, 6.45) is 0. The molecule has 6 nitrogen and oxygen atoms in total. The quantitative estimate of drug-likeness (QED) is 0.308. The molecule has 5 aromatic rings. The van der Waals surface area contributed by atoms with Gasteiger partial charge >= 0.3 is 5.97 Å². The summed E-state index contributed by atoms with van der Waals surface area (Å²) in [5.41, 5.74) is 10.5. The van der Waals surface area contributed by atoms with Crippen molar-refractivity contribution >= 4 is 45.3 Å². The predicted molar refractivity (Wildman–Crippen MR) is 137 cm³/mol. The molecule has 0 aliphatic rings. The monoisotopic (exact) mass is 484 g/mol. The van der Waals surface area contributed by atoms with Crippen molar-refractivity contribution in [2.75, 3.05) is 6.61 Å². The average molecular weight is 485 g/mol. The number of carbonyl (C=O) groups excluding carboxylic acids is 1. The van der Waals surface area contributed by atoms with Crippen molar-refractivity contribution in [3.8, 4) is 16.9 Å². The van der Waals surface area contributed by atoms with Crippen molar-refractivity contribution in [2.45, 2.75) is 6.54 Å². The summed E-state index contributed by atoms with van der Waals surface area (Å²) in [4.78, 5) is 23.8. The van der Waals surface area contributed by atoms with Gasteiger partial charge in [0.25, 0.3) is 0 Å². The number of carboxylic acids is 1. The number of aromatic nitrogens is 1. The van der Waals surface area contributed by atoms with Gasteiger partial charge in [0.2, 0.25) is 5.91 Å². The van der Waals surface area contributed by atoms with Crippen molar-refractivity contribution in [3.05, 3.63) is 101 Å². The summed E-state index contributed by atoms with van der Waals surface area (Å²) in [7, 11) is 0. The highest BCUT2D eigenvalue weighted by Gasteiger charge is 2.21. The number of carbonyl (C=O) groups is 2. The number of carboxylic acid groups (broad SMARTS) is 1. The van der Waals surface area contributed by atoms with Crippen LogP contribution in [0.25, 0.3) is 32.9 Å². The first-order valence-corrected chi connectivity index (χ1v) is 11.3. The van der Waals surface area contributed by atoms with E-state index in [0.717, 1.165) is 27.7 Å². The van der Waals surface area contributed by atoms with Gasteiger partial charge < -0.3 is 20.1 Å². The van der Waals surface area contributed by atoms with Crippen LogP contribution in [0, 0.1) is 0 Å². The lowest BCUT2D eigenvalue weighted by atomic mass is 10.0. The Hall–Kier alpha value is -4.29. The Kier molecular flexibility index (Phi) is 5.89. The second-order valence-electron chi connectivity index (χ2n) is 8.19. The number of nitrogens with zero attached hydrogens (tertiary/aromatic N) is 1. The van der Waals surface area contributed by atoms with Gasteiger partial charge in [-0.15, -0.1) is 0 Å². The molecular weight excluding hydrogens is 464 g/mol. The summed E-state index contributed by atoms with van der Waals surface area (Å²) in [5.74, 6) is -1.31. The van der Waals surface area contributed by atoms with Crippen LogP contribution in [-0.4, -0.2) is 28.2 Å². The smallest absolute Gasteiger partial charge is 0.341 e. The maximum absolute atomic E-state index is 12.4. The average Bonchev–Trinajstić information content (AvgIpc) is 3.17. The fourth-order valence-electron chi connectivity index (χ4n) is 4.43. The van der Waals surface area contributed by atoms with Gasteiger partial charge in [-0.1, -0.05) is 60.1 Å². The highest BCUT2D eigenvalue weighted by molar-refractivity contribution is 6.30. The molecule has 0 saturated carbocycles. The van der Waals surface area contributed by atoms with Crippen molar-refractivity contribution in [1.29, 1.82) is 0 Å². The number of halogens is 1. The number of nitrogens with two attached hydrogens (primary N) is 1. The molecule has 35 heavy (non-hydrogen) atoms. The molecule has 0 spiro atoms. The number of primary amides is 1. The van der Waals surface area contributed by atoms with Crippen LogP contribution in [0.3, 0.4) is 0 Å². The molecule has 0 saturated heterocycles. The predicted octanol–water partition coefficient (Wildman–Crippen LogP) is 5.73. The van der Waals surface area contributed by atoms with E-state index >= 15 is 0 Å². The number of amides is 1. The molecule has 0 aliphatic heterocycles. The van der Waals surface area contributed by atoms with Gasteiger partial charge in [-0.25, -0.2) is 4.79 Å². The van der Waals surface area contributed by atoms with Crippen molar-refractivity contribution in [1.82, 2.24) is 4.57 Å². The van der Waals surface area contributed by atoms with Gasteiger partial charge in [0.15, 0.2) is 6.61 Å². The van der Waals surface area contributed by atoms with E-state index in [4.69, 9.17) is 22.1 Å². The summed E-state index contributed by atoms with van der Waals surface area (Å²) in [5, 5.41) is 11.2. The SMILES string of the molecule is NC(=O)c1cccc2c1c1c(OCC(=O)O)cc(-c3ccc(Cl)cc3)cc1n2Cc1ccccc1. The number of benzene rings is 4.